The normalized spacial score (nSPS) is 17.7. The van der Waals surface area contributed by atoms with Crippen LogP contribution in [0.3, 0.4) is 0 Å². The molecule has 0 aromatic rings. The lowest BCUT2D eigenvalue weighted by molar-refractivity contribution is -0.136. The van der Waals surface area contributed by atoms with Crippen LogP contribution in [0.5, 0.6) is 0 Å². The van der Waals surface area contributed by atoms with Gasteiger partial charge in [0.25, 0.3) is 0 Å². The fourth-order valence-corrected chi connectivity index (χ4v) is 1.18. The number of carbonyl (C=O) groups excluding carboxylic acids is 1. The van der Waals surface area contributed by atoms with Crippen LogP contribution in [0.25, 0.3) is 0 Å². The molecule has 1 aliphatic carbocycles. The number of hydrogen-bond acceptors (Lipinski definition) is 2. The van der Waals surface area contributed by atoms with Crippen LogP contribution in [0.15, 0.2) is 0 Å². The molecule has 1 N–H and O–H groups in total. The average molecular weight is 170 g/mol. The summed E-state index contributed by atoms with van der Waals surface area (Å²) in [6.07, 6.45) is 2.34. The first-order valence-corrected chi connectivity index (χ1v) is 4.45. The standard InChI is InChI=1S/C9H18N2O/c1-9(2,10-3)8(12)11(4)7-5-6-7/h7,10H,5-6H2,1-4H3. The van der Waals surface area contributed by atoms with Crippen LogP contribution >= 0.6 is 0 Å². The van der Waals surface area contributed by atoms with E-state index in [1.54, 1.807) is 0 Å². The SMILES string of the molecule is CNC(C)(C)C(=O)N(C)C1CC1. The largest absolute Gasteiger partial charge is 0.341 e. The molecule has 0 heterocycles. The van der Waals surface area contributed by atoms with Crippen molar-refractivity contribution < 1.29 is 4.79 Å². The third-order valence-corrected chi connectivity index (χ3v) is 2.57. The van der Waals surface area contributed by atoms with Gasteiger partial charge in [-0.1, -0.05) is 0 Å². The molecule has 1 fully saturated rings. The Morgan fingerprint density at radius 2 is 2.00 bits per heavy atom. The lowest BCUT2D eigenvalue weighted by Crippen LogP contribution is -2.52. The number of likely N-dealkylation sites (N-methyl/N-ethyl adjacent to an activating group) is 2. The number of rotatable bonds is 3. The summed E-state index contributed by atoms with van der Waals surface area (Å²) in [6.45, 7) is 3.82. The highest BCUT2D eigenvalue weighted by atomic mass is 16.2. The van der Waals surface area contributed by atoms with Gasteiger partial charge in [0.1, 0.15) is 0 Å². The second-order valence-corrected chi connectivity index (χ2v) is 4.02. The first-order chi connectivity index (χ1) is 5.49. The molecule has 0 unspecified atom stereocenters. The minimum Gasteiger partial charge on any atom is -0.341 e. The van der Waals surface area contributed by atoms with E-state index >= 15 is 0 Å². The fraction of sp³-hybridized carbons (Fsp3) is 0.889. The van der Waals surface area contributed by atoms with Crippen LogP contribution in [0, 0.1) is 0 Å². The molecule has 0 saturated heterocycles. The van der Waals surface area contributed by atoms with Crippen LogP contribution in [-0.2, 0) is 4.79 Å². The molecule has 0 spiro atoms. The Bertz CT molecular complexity index is 185. The van der Waals surface area contributed by atoms with Gasteiger partial charge >= 0.3 is 0 Å². The van der Waals surface area contributed by atoms with E-state index in [0.29, 0.717) is 6.04 Å². The van der Waals surface area contributed by atoms with Crippen molar-refractivity contribution in [2.75, 3.05) is 14.1 Å². The maximum atomic E-state index is 11.7. The minimum atomic E-state index is -0.419. The van der Waals surface area contributed by atoms with Gasteiger partial charge in [-0.05, 0) is 33.7 Å². The Balaban J connectivity index is 2.55. The van der Waals surface area contributed by atoms with E-state index in [1.807, 2.05) is 32.8 Å². The summed E-state index contributed by atoms with van der Waals surface area (Å²) in [4.78, 5) is 13.6. The second kappa shape index (κ2) is 3.05. The van der Waals surface area contributed by atoms with E-state index in [1.165, 1.54) is 12.8 Å². The van der Waals surface area contributed by atoms with Crippen LogP contribution in [0.4, 0.5) is 0 Å². The zero-order chi connectivity index (χ0) is 9.35. The van der Waals surface area contributed by atoms with Crippen molar-refractivity contribution >= 4 is 5.91 Å². The molecule has 12 heavy (non-hydrogen) atoms. The highest BCUT2D eigenvalue weighted by Gasteiger charge is 2.36. The van der Waals surface area contributed by atoms with Gasteiger partial charge in [-0.2, -0.15) is 0 Å². The predicted octanol–water partition coefficient (Wildman–Crippen LogP) is 0.605. The average Bonchev–Trinajstić information content (AvgIpc) is 2.84. The molecule has 1 saturated carbocycles. The maximum absolute atomic E-state index is 11.7. The Morgan fingerprint density at radius 3 is 2.33 bits per heavy atom. The van der Waals surface area contributed by atoms with Crippen molar-refractivity contribution in [1.82, 2.24) is 10.2 Å². The molecule has 1 rings (SSSR count). The van der Waals surface area contributed by atoms with Crippen molar-refractivity contribution in [2.45, 2.75) is 38.3 Å². The summed E-state index contributed by atoms with van der Waals surface area (Å²) >= 11 is 0. The lowest BCUT2D eigenvalue weighted by atomic mass is 10.0. The van der Waals surface area contributed by atoms with Gasteiger partial charge in [0.2, 0.25) is 5.91 Å². The summed E-state index contributed by atoms with van der Waals surface area (Å²) in [6, 6.07) is 0.505. The van der Waals surface area contributed by atoms with Gasteiger partial charge in [-0.15, -0.1) is 0 Å². The van der Waals surface area contributed by atoms with Gasteiger partial charge in [0.15, 0.2) is 0 Å². The Labute approximate surface area is 74.1 Å². The topological polar surface area (TPSA) is 32.3 Å². The summed E-state index contributed by atoms with van der Waals surface area (Å²) in [7, 11) is 3.71. The predicted molar refractivity (Wildman–Crippen MR) is 48.9 cm³/mol. The first-order valence-electron chi connectivity index (χ1n) is 4.45. The quantitative estimate of drug-likeness (QED) is 0.673. The van der Waals surface area contributed by atoms with E-state index in [-0.39, 0.29) is 5.91 Å². The van der Waals surface area contributed by atoms with Crippen LogP contribution in [0.2, 0.25) is 0 Å². The Kier molecular flexibility index (Phi) is 2.42. The highest BCUT2D eigenvalue weighted by molar-refractivity contribution is 5.85. The summed E-state index contributed by atoms with van der Waals surface area (Å²) in [5, 5.41) is 3.01. The fourth-order valence-electron chi connectivity index (χ4n) is 1.18. The molecule has 1 aliphatic rings. The molecule has 1 amide bonds. The first kappa shape index (κ1) is 9.52. The molecule has 0 radical (unpaired) electrons. The molecule has 0 atom stereocenters. The highest BCUT2D eigenvalue weighted by Crippen LogP contribution is 2.27. The van der Waals surface area contributed by atoms with Crippen molar-refractivity contribution in [3.63, 3.8) is 0 Å². The van der Waals surface area contributed by atoms with E-state index < -0.39 is 5.54 Å². The number of amides is 1. The van der Waals surface area contributed by atoms with Crippen molar-refractivity contribution in [2.24, 2.45) is 0 Å². The van der Waals surface area contributed by atoms with Crippen molar-refractivity contribution in [3.8, 4) is 0 Å². The number of nitrogens with one attached hydrogen (secondary N) is 1. The van der Waals surface area contributed by atoms with Crippen molar-refractivity contribution in [1.29, 1.82) is 0 Å². The Hall–Kier alpha value is -0.570. The van der Waals surface area contributed by atoms with Gasteiger partial charge in [0, 0.05) is 13.1 Å². The molecule has 0 aromatic carbocycles. The lowest BCUT2D eigenvalue weighted by Gasteiger charge is -2.28. The van der Waals surface area contributed by atoms with Gasteiger partial charge in [0.05, 0.1) is 5.54 Å². The van der Waals surface area contributed by atoms with Crippen LogP contribution < -0.4 is 5.32 Å². The molecule has 0 aliphatic heterocycles. The van der Waals surface area contributed by atoms with Crippen LogP contribution in [-0.4, -0.2) is 36.5 Å². The molecule has 0 aromatic heterocycles. The van der Waals surface area contributed by atoms with Gasteiger partial charge < -0.3 is 10.2 Å². The maximum Gasteiger partial charge on any atom is 0.242 e. The monoisotopic (exact) mass is 170 g/mol. The molecule has 3 heteroatoms. The summed E-state index contributed by atoms with van der Waals surface area (Å²) < 4.78 is 0. The number of carbonyl (C=O) groups is 1. The zero-order valence-corrected chi connectivity index (χ0v) is 8.35. The molecular weight excluding hydrogens is 152 g/mol. The van der Waals surface area contributed by atoms with Crippen molar-refractivity contribution in [3.05, 3.63) is 0 Å². The van der Waals surface area contributed by atoms with E-state index in [4.69, 9.17) is 0 Å². The number of nitrogens with zero attached hydrogens (tertiary/aromatic N) is 1. The Morgan fingerprint density at radius 1 is 1.50 bits per heavy atom. The molecule has 3 nitrogen and oxygen atoms in total. The molecular formula is C9H18N2O. The third kappa shape index (κ3) is 1.78. The van der Waals surface area contributed by atoms with Crippen LogP contribution in [0.1, 0.15) is 26.7 Å². The zero-order valence-electron chi connectivity index (χ0n) is 8.35. The van der Waals surface area contributed by atoms with E-state index in [2.05, 4.69) is 5.32 Å². The smallest absolute Gasteiger partial charge is 0.242 e. The third-order valence-electron chi connectivity index (χ3n) is 2.57. The summed E-state index contributed by atoms with van der Waals surface area (Å²) in [5.41, 5.74) is -0.419. The number of hydrogen-bond donors (Lipinski definition) is 1. The van der Waals surface area contributed by atoms with Gasteiger partial charge in [-0.25, -0.2) is 0 Å². The summed E-state index contributed by atoms with van der Waals surface area (Å²) in [5.74, 6) is 0.188. The molecule has 0 bridgehead atoms. The second-order valence-electron chi connectivity index (χ2n) is 4.02. The molecule has 70 valence electrons. The van der Waals surface area contributed by atoms with E-state index in [9.17, 15) is 4.79 Å². The van der Waals surface area contributed by atoms with Gasteiger partial charge in [-0.3, -0.25) is 4.79 Å². The minimum absolute atomic E-state index is 0.188. The van der Waals surface area contributed by atoms with E-state index in [0.717, 1.165) is 0 Å².